The second-order valence-electron chi connectivity index (χ2n) is 2.42. The molecule has 0 fully saturated rings. The molecule has 0 aliphatic rings. The van der Waals surface area contributed by atoms with Gasteiger partial charge in [0.05, 0.1) is 12.0 Å². The first-order valence-electron chi connectivity index (χ1n) is 3.61. The Labute approximate surface area is 79.0 Å². The molecule has 0 radical (unpaired) electrons. The van der Waals surface area contributed by atoms with Gasteiger partial charge in [-0.25, -0.2) is 4.98 Å². The molecule has 2 nitrogen and oxygen atoms in total. The summed E-state index contributed by atoms with van der Waals surface area (Å²) in [4.78, 5) is 3.98. The summed E-state index contributed by atoms with van der Waals surface area (Å²) in [7, 11) is 0. The van der Waals surface area contributed by atoms with E-state index in [0.29, 0.717) is 0 Å². The van der Waals surface area contributed by atoms with Gasteiger partial charge in [0.1, 0.15) is 0 Å². The van der Waals surface area contributed by atoms with E-state index in [1.54, 1.807) is 12.5 Å². The Bertz CT molecular complexity index is 368. The van der Waals surface area contributed by atoms with Crippen molar-refractivity contribution in [2.45, 2.75) is 0 Å². The number of benzene rings is 1. The molecule has 2 aromatic rings. The molecule has 0 amide bonds. The van der Waals surface area contributed by atoms with Crippen LogP contribution in [0.4, 0.5) is 0 Å². The van der Waals surface area contributed by atoms with Gasteiger partial charge in [0.2, 0.25) is 0 Å². The van der Waals surface area contributed by atoms with Gasteiger partial charge in [-0.15, -0.1) is 0 Å². The molecule has 0 aliphatic heterocycles. The van der Waals surface area contributed by atoms with Gasteiger partial charge in [-0.1, -0.05) is 12.1 Å². The zero-order valence-electron chi connectivity index (χ0n) is 6.31. The molecule has 1 aromatic carbocycles. The van der Waals surface area contributed by atoms with E-state index >= 15 is 0 Å². The maximum Gasteiger partial charge on any atom is 0.0992 e. The van der Waals surface area contributed by atoms with Crippen LogP contribution < -0.4 is 0 Å². The lowest BCUT2D eigenvalue weighted by molar-refractivity contribution is 1.05. The minimum atomic E-state index is 1.07. The van der Waals surface area contributed by atoms with Crippen molar-refractivity contribution in [2.75, 3.05) is 0 Å². The van der Waals surface area contributed by atoms with E-state index in [1.165, 1.54) is 0 Å². The summed E-state index contributed by atoms with van der Waals surface area (Å²) in [5.74, 6) is 0. The average Bonchev–Trinajstić information content (AvgIpc) is 2.57. The number of hydrogen-bond donors (Lipinski definition) is 0. The maximum absolute atomic E-state index is 3.98. The molecule has 2 rings (SSSR count). The Morgan fingerprint density at radius 2 is 2.08 bits per heavy atom. The highest BCUT2D eigenvalue weighted by Crippen LogP contribution is 2.19. The van der Waals surface area contributed by atoms with Gasteiger partial charge < -0.3 is 4.57 Å². The van der Waals surface area contributed by atoms with Crippen molar-refractivity contribution in [3.8, 4) is 5.69 Å². The lowest BCUT2D eigenvalue weighted by Gasteiger charge is -2.02. The number of para-hydroxylation sites is 1. The predicted octanol–water partition coefficient (Wildman–Crippen LogP) is 2.63. The zero-order chi connectivity index (χ0) is 8.39. The molecule has 3 heteroatoms. The molecule has 0 spiro atoms. The van der Waals surface area contributed by atoms with Gasteiger partial charge in [0.25, 0.3) is 0 Å². The van der Waals surface area contributed by atoms with Crippen LogP contribution in [0.2, 0.25) is 0 Å². The Morgan fingerprint density at radius 1 is 1.25 bits per heavy atom. The molecule has 0 bridgehead atoms. The Morgan fingerprint density at radius 3 is 2.75 bits per heavy atom. The van der Waals surface area contributed by atoms with Crippen molar-refractivity contribution >= 4 is 15.9 Å². The standard InChI is InChI=1S/C9H7BrN2/c10-8-3-1-2-4-9(8)12-6-5-11-7-12/h1-7H. The minimum Gasteiger partial charge on any atom is -0.305 e. The van der Waals surface area contributed by atoms with Crippen molar-refractivity contribution in [1.29, 1.82) is 0 Å². The minimum absolute atomic E-state index is 1.07. The van der Waals surface area contributed by atoms with Crippen LogP contribution in [-0.4, -0.2) is 9.55 Å². The lowest BCUT2D eigenvalue weighted by atomic mass is 10.3. The van der Waals surface area contributed by atoms with Gasteiger partial charge in [-0.05, 0) is 28.1 Å². The van der Waals surface area contributed by atoms with Crippen LogP contribution in [0, 0.1) is 0 Å². The first-order valence-corrected chi connectivity index (χ1v) is 4.40. The zero-order valence-corrected chi connectivity index (χ0v) is 7.90. The number of aromatic nitrogens is 2. The summed E-state index contributed by atoms with van der Waals surface area (Å²) in [6, 6.07) is 8.03. The number of halogens is 1. The average molecular weight is 223 g/mol. The fraction of sp³-hybridized carbons (Fsp3) is 0. The van der Waals surface area contributed by atoms with Crippen LogP contribution in [0.1, 0.15) is 0 Å². The molecule has 0 aliphatic carbocycles. The summed E-state index contributed by atoms with van der Waals surface area (Å²) in [5, 5.41) is 0. The number of hydrogen-bond acceptors (Lipinski definition) is 1. The van der Waals surface area contributed by atoms with Crippen molar-refractivity contribution in [1.82, 2.24) is 9.55 Å². The number of rotatable bonds is 1. The van der Waals surface area contributed by atoms with E-state index in [9.17, 15) is 0 Å². The van der Waals surface area contributed by atoms with E-state index in [0.717, 1.165) is 10.2 Å². The molecular weight excluding hydrogens is 216 g/mol. The van der Waals surface area contributed by atoms with Crippen LogP contribution in [0.3, 0.4) is 0 Å². The molecular formula is C9H7BrN2. The SMILES string of the molecule is Brc1ccccc1-n1ccnc1. The Balaban J connectivity index is 2.55. The maximum atomic E-state index is 3.98. The van der Waals surface area contributed by atoms with Crippen LogP contribution in [0.5, 0.6) is 0 Å². The predicted molar refractivity (Wildman–Crippen MR) is 51.3 cm³/mol. The third kappa shape index (κ3) is 1.28. The summed E-state index contributed by atoms with van der Waals surface area (Å²) in [6.45, 7) is 0. The lowest BCUT2D eigenvalue weighted by Crippen LogP contribution is -1.89. The molecule has 1 aromatic heterocycles. The Hall–Kier alpha value is -1.09. The number of imidazole rings is 1. The van der Waals surface area contributed by atoms with Crippen LogP contribution in [-0.2, 0) is 0 Å². The summed E-state index contributed by atoms with van der Waals surface area (Å²) < 4.78 is 3.03. The fourth-order valence-corrected chi connectivity index (χ4v) is 1.55. The molecule has 0 saturated heterocycles. The molecule has 1 heterocycles. The van der Waals surface area contributed by atoms with Crippen molar-refractivity contribution in [3.05, 3.63) is 47.5 Å². The van der Waals surface area contributed by atoms with Gasteiger partial charge in [0, 0.05) is 16.9 Å². The van der Waals surface area contributed by atoms with Gasteiger partial charge in [0.15, 0.2) is 0 Å². The molecule has 60 valence electrons. The first-order chi connectivity index (χ1) is 5.88. The normalized spacial score (nSPS) is 10.1. The molecule has 0 atom stereocenters. The first kappa shape index (κ1) is 7.55. The third-order valence-electron chi connectivity index (χ3n) is 1.64. The largest absolute Gasteiger partial charge is 0.305 e. The summed E-state index contributed by atoms with van der Waals surface area (Å²) in [5.41, 5.74) is 1.11. The van der Waals surface area contributed by atoms with Crippen LogP contribution in [0.25, 0.3) is 5.69 Å². The third-order valence-corrected chi connectivity index (χ3v) is 2.31. The van der Waals surface area contributed by atoms with Crippen molar-refractivity contribution in [3.63, 3.8) is 0 Å². The highest BCUT2D eigenvalue weighted by Gasteiger charge is 1.98. The van der Waals surface area contributed by atoms with E-state index in [-0.39, 0.29) is 0 Å². The quantitative estimate of drug-likeness (QED) is 0.726. The highest BCUT2D eigenvalue weighted by atomic mass is 79.9. The molecule has 0 N–H and O–H groups in total. The van der Waals surface area contributed by atoms with Gasteiger partial charge >= 0.3 is 0 Å². The topological polar surface area (TPSA) is 17.8 Å². The monoisotopic (exact) mass is 222 g/mol. The Kier molecular flexibility index (Phi) is 1.96. The van der Waals surface area contributed by atoms with E-state index in [4.69, 9.17) is 0 Å². The van der Waals surface area contributed by atoms with Crippen LogP contribution >= 0.6 is 15.9 Å². The van der Waals surface area contributed by atoms with Crippen molar-refractivity contribution < 1.29 is 0 Å². The van der Waals surface area contributed by atoms with E-state index < -0.39 is 0 Å². The number of nitrogens with zero attached hydrogens (tertiary/aromatic N) is 2. The van der Waals surface area contributed by atoms with E-state index in [2.05, 4.69) is 20.9 Å². The summed E-state index contributed by atoms with van der Waals surface area (Å²) >= 11 is 3.47. The van der Waals surface area contributed by atoms with Crippen molar-refractivity contribution in [2.24, 2.45) is 0 Å². The smallest absolute Gasteiger partial charge is 0.0992 e. The second kappa shape index (κ2) is 3.11. The summed E-state index contributed by atoms with van der Waals surface area (Å²) in [6.07, 6.45) is 5.46. The second-order valence-corrected chi connectivity index (χ2v) is 3.28. The molecule has 0 saturated carbocycles. The molecule has 12 heavy (non-hydrogen) atoms. The van der Waals surface area contributed by atoms with Gasteiger partial charge in [-0.3, -0.25) is 0 Å². The van der Waals surface area contributed by atoms with E-state index in [1.807, 2.05) is 35.0 Å². The fourth-order valence-electron chi connectivity index (χ4n) is 1.06. The highest BCUT2D eigenvalue weighted by molar-refractivity contribution is 9.10. The van der Waals surface area contributed by atoms with Gasteiger partial charge in [-0.2, -0.15) is 0 Å². The van der Waals surface area contributed by atoms with Crippen LogP contribution in [0.15, 0.2) is 47.5 Å². The molecule has 0 unspecified atom stereocenters.